The fraction of sp³-hybridized carbons (Fsp3) is 0.417. The van der Waals surface area contributed by atoms with E-state index in [9.17, 15) is 4.79 Å². The van der Waals surface area contributed by atoms with E-state index < -0.39 is 0 Å². The SMILES string of the molecule is COC(=O)c1ccccc1C1SCCCS1. The van der Waals surface area contributed by atoms with Crippen LogP contribution < -0.4 is 0 Å². The van der Waals surface area contributed by atoms with Gasteiger partial charge in [-0.3, -0.25) is 0 Å². The highest BCUT2D eigenvalue weighted by molar-refractivity contribution is 8.16. The van der Waals surface area contributed by atoms with Crippen molar-refractivity contribution in [3.8, 4) is 0 Å². The third-order valence-corrected chi connectivity index (χ3v) is 5.43. The number of benzene rings is 1. The van der Waals surface area contributed by atoms with Gasteiger partial charge in [-0.15, -0.1) is 23.5 Å². The molecular formula is C12H14O2S2. The molecule has 0 saturated carbocycles. The van der Waals surface area contributed by atoms with Crippen LogP contribution in [0.5, 0.6) is 0 Å². The summed E-state index contributed by atoms with van der Waals surface area (Å²) in [6.07, 6.45) is 1.26. The number of carbonyl (C=O) groups is 1. The lowest BCUT2D eigenvalue weighted by Crippen LogP contribution is -2.09. The van der Waals surface area contributed by atoms with Gasteiger partial charge in [-0.25, -0.2) is 4.79 Å². The Labute approximate surface area is 104 Å². The molecule has 0 radical (unpaired) electrons. The largest absolute Gasteiger partial charge is 0.465 e. The summed E-state index contributed by atoms with van der Waals surface area (Å²) < 4.78 is 5.19. The first-order valence-corrected chi connectivity index (χ1v) is 7.33. The molecule has 16 heavy (non-hydrogen) atoms. The number of carbonyl (C=O) groups excluding carboxylic acids is 1. The van der Waals surface area contributed by atoms with Crippen LogP contribution in [0.1, 0.15) is 26.9 Å². The normalized spacial score (nSPS) is 17.1. The van der Waals surface area contributed by atoms with Gasteiger partial charge in [0.2, 0.25) is 0 Å². The van der Waals surface area contributed by atoms with Crippen molar-refractivity contribution in [1.29, 1.82) is 0 Å². The highest BCUT2D eigenvalue weighted by Crippen LogP contribution is 2.44. The van der Waals surface area contributed by atoms with Gasteiger partial charge in [0.1, 0.15) is 0 Å². The van der Waals surface area contributed by atoms with Crippen molar-refractivity contribution in [1.82, 2.24) is 0 Å². The Morgan fingerprint density at radius 2 is 2.00 bits per heavy atom. The van der Waals surface area contributed by atoms with Gasteiger partial charge < -0.3 is 4.74 Å². The first kappa shape index (κ1) is 11.9. The molecule has 86 valence electrons. The first-order valence-electron chi connectivity index (χ1n) is 5.23. The van der Waals surface area contributed by atoms with Crippen LogP contribution in [-0.4, -0.2) is 24.6 Å². The second-order valence-corrected chi connectivity index (χ2v) is 6.23. The summed E-state index contributed by atoms with van der Waals surface area (Å²) in [6.45, 7) is 0. The van der Waals surface area contributed by atoms with E-state index in [1.54, 1.807) is 0 Å². The monoisotopic (exact) mass is 254 g/mol. The molecule has 0 unspecified atom stereocenters. The maximum absolute atomic E-state index is 11.6. The molecule has 1 aliphatic rings. The highest BCUT2D eigenvalue weighted by atomic mass is 32.2. The molecule has 2 nitrogen and oxygen atoms in total. The molecule has 1 fully saturated rings. The van der Waals surface area contributed by atoms with Gasteiger partial charge in [-0.2, -0.15) is 0 Å². The third kappa shape index (κ3) is 2.55. The lowest BCUT2D eigenvalue weighted by Gasteiger charge is -2.22. The van der Waals surface area contributed by atoms with Crippen LogP contribution in [0, 0.1) is 0 Å². The second kappa shape index (κ2) is 5.64. The number of esters is 1. The Hall–Kier alpha value is -0.610. The number of ether oxygens (including phenoxy) is 1. The van der Waals surface area contributed by atoms with E-state index in [-0.39, 0.29) is 5.97 Å². The van der Waals surface area contributed by atoms with Crippen molar-refractivity contribution in [2.45, 2.75) is 11.0 Å². The Balaban J connectivity index is 2.28. The van der Waals surface area contributed by atoms with E-state index in [1.807, 2.05) is 47.8 Å². The zero-order valence-electron chi connectivity index (χ0n) is 9.14. The number of hydrogen-bond donors (Lipinski definition) is 0. The molecule has 1 saturated heterocycles. The summed E-state index contributed by atoms with van der Waals surface area (Å²) in [7, 11) is 1.43. The quantitative estimate of drug-likeness (QED) is 0.756. The topological polar surface area (TPSA) is 26.3 Å². The summed E-state index contributed by atoms with van der Waals surface area (Å²) in [5.74, 6) is 2.11. The molecule has 1 aromatic rings. The second-order valence-electron chi connectivity index (χ2n) is 3.51. The van der Waals surface area contributed by atoms with Gasteiger partial charge >= 0.3 is 5.97 Å². The van der Waals surface area contributed by atoms with E-state index in [1.165, 1.54) is 25.0 Å². The van der Waals surface area contributed by atoms with Crippen LogP contribution in [0.4, 0.5) is 0 Å². The minimum Gasteiger partial charge on any atom is -0.465 e. The number of thioether (sulfide) groups is 2. The number of hydrogen-bond acceptors (Lipinski definition) is 4. The molecule has 1 heterocycles. The minimum atomic E-state index is -0.234. The molecule has 0 aliphatic carbocycles. The molecule has 0 bridgehead atoms. The molecule has 2 rings (SSSR count). The fourth-order valence-electron chi connectivity index (χ4n) is 1.67. The van der Waals surface area contributed by atoms with Gasteiger partial charge in [0, 0.05) is 0 Å². The summed E-state index contributed by atoms with van der Waals surface area (Å²) in [5, 5.41) is 0. The molecule has 1 aromatic carbocycles. The van der Waals surface area contributed by atoms with Crippen LogP contribution in [0.3, 0.4) is 0 Å². The van der Waals surface area contributed by atoms with E-state index in [0.29, 0.717) is 10.1 Å². The minimum absolute atomic E-state index is 0.234. The molecule has 0 N–H and O–H groups in total. The maximum atomic E-state index is 11.6. The van der Waals surface area contributed by atoms with Crippen molar-refractivity contribution in [2.75, 3.05) is 18.6 Å². The van der Waals surface area contributed by atoms with Gasteiger partial charge in [0.25, 0.3) is 0 Å². The summed E-state index contributed by atoms with van der Waals surface area (Å²) in [5.41, 5.74) is 1.81. The summed E-state index contributed by atoms with van der Waals surface area (Å²) in [6, 6.07) is 7.74. The summed E-state index contributed by atoms with van der Waals surface area (Å²) in [4.78, 5) is 11.6. The predicted octanol–water partition coefficient (Wildman–Crippen LogP) is 3.34. The Kier molecular flexibility index (Phi) is 4.18. The predicted molar refractivity (Wildman–Crippen MR) is 70.1 cm³/mol. The van der Waals surface area contributed by atoms with E-state index >= 15 is 0 Å². The number of rotatable bonds is 2. The van der Waals surface area contributed by atoms with Gasteiger partial charge in [-0.1, -0.05) is 18.2 Å². The number of methoxy groups -OCH3 is 1. The van der Waals surface area contributed by atoms with Gasteiger partial charge in [-0.05, 0) is 29.6 Å². The van der Waals surface area contributed by atoms with E-state index in [0.717, 1.165) is 5.56 Å². The zero-order chi connectivity index (χ0) is 11.4. The molecule has 0 atom stereocenters. The molecule has 4 heteroatoms. The summed E-state index contributed by atoms with van der Waals surface area (Å²) >= 11 is 3.83. The Morgan fingerprint density at radius 3 is 2.69 bits per heavy atom. The zero-order valence-corrected chi connectivity index (χ0v) is 10.8. The van der Waals surface area contributed by atoms with Crippen molar-refractivity contribution in [3.63, 3.8) is 0 Å². The smallest absolute Gasteiger partial charge is 0.338 e. The van der Waals surface area contributed by atoms with Crippen LogP contribution in [0.25, 0.3) is 0 Å². The van der Waals surface area contributed by atoms with Gasteiger partial charge in [0.05, 0.1) is 17.3 Å². The van der Waals surface area contributed by atoms with Crippen molar-refractivity contribution in [3.05, 3.63) is 35.4 Å². The van der Waals surface area contributed by atoms with E-state index in [2.05, 4.69) is 0 Å². The van der Waals surface area contributed by atoms with E-state index in [4.69, 9.17) is 4.74 Å². The molecule has 0 amide bonds. The molecule has 1 aliphatic heterocycles. The maximum Gasteiger partial charge on any atom is 0.338 e. The lowest BCUT2D eigenvalue weighted by atomic mass is 10.1. The molecule has 0 spiro atoms. The van der Waals surface area contributed by atoms with Crippen LogP contribution in [0.15, 0.2) is 24.3 Å². The molecular weight excluding hydrogens is 240 g/mol. The fourth-order valence-corrected chi connectivity index (χ4v) is 4.63. The van der Waals surface area contributed by atoms with Crippen LogP contribution in [-0.2, 0) is 4.74 Å². The molecule has 0 aromatic heterocycles. The lowest BCUT2D eigenvalue weighted by molar-refractivity contribution is 0.0600. The third-order valence-electron chi connectivity index (χ3n) is 2.45. The Morgan fingerprint density at radius 1 is 1.31 bits per heavy atom. The van der Waals surface area contributed by atoms with Crippen molar-refractivity contribution < 1.29 is 9.53 Å². The Bertz CT molecular complexity index is 373. The van der Waals surface area contributed by atoms with Gasteiger partial charge in [0.15, 0.2) is 0 Å². The average molecular weight is 254 g/mol. The highest BCUT2D eigenvalue weighted by Gasteiger charge is 2.22. The van der Waals surface area contributed by atoms with Crippen molar-refractivity contribution >= 4 is 29.5 Å². The average Bonchev–Trinajstić information content (AvgIpc) is 2.39. The first-order chi connectivity index (χ1) is 7.83. The van der Waals surface area contributed by atoms with Crippen LogP contribution >= 0.6 is 23.5 Å². The standard InChI is InChI=1S/C12H14O2S2/c1-14-11(13)9-5-2-3-6-10(9)12-15-7-4-8-16-12/h2-3,5-6,12H,4,7-8H2,1H3. The van der Waals surface area contributed by atoms with Crippen molar-refractivity contribution in [2.24, 2.45) is 0 Å². The van der Waals surface area contributed by atoms with Crippen LogP contribution in [0.2, 0.25) is 0 Å².